The standard InChI is InChI=1S/C22H25N3O3S2/c1-3-24-17-9-5-4-8-15(17)19(23-10-6-7-11-23)16(20(24)26)14-18-21(27)25(12-13-28-2)22(29)30-18/h4-5,8-9,14H,3,6-7,10-13H2,1-2H3. The van der Waals surface area contributed by atoms with E-state index in [0.717, 1.165) is 42.5 Å². The van der Waals surface area contributed by atoms with Crippen LogP contribution in [0.15, 0.2) is 34.0 Å². The van der Waals surface area contributed by atoms with Crippen LogP contribution in [0.3, 0.4) is 0 Å². The first kappa shape index (κ1) is 21.1. The van der Waals surface area contributed by atoms with Gasteiger partial charge in [-0.25, -0.2) is 0 Å². The Morgan fingerprint density at radius 3 is 2.63 bits per heavy atom. The number of pyridine rings is 1. The Hall–Kier alpha value is -2.16. The summed E-state index contributed by atoms with van der Waals surface area (Å²) >= 11 is 6.65. The molecule has 2 saturated heterocycles. The normalized spacial score (nSPS) is 18.4. The molecule has 0 spiro atoms. The lowest BCUT2D eigenvalue weighted by atomic mass is 10.1. The molecule has 158 valence electrons. The van der Waals surface area contributed by atoms with Gasteiger partial charge in [-0.1, -0.05) is 42.2 Å². The first-order chi connectivity index (χ1) is 14.6. The number of amides is 1. The van der Waals surface area contributed by atoms with Crippen LogP contribution in [-0.4, -0.2) is 53.0 Å². The van der Waals surface area contributed by atoms with Crippen LogP contribution >= 0.6 is 24.0 Å². The summed E-state index contributed by atoms with van der Waals surface area (Å²) in [6, 6.07) is 8.02. The van der Waals surface area contributed by atoms with E-state index < -0.39 is 0 Å². The highest BCUT2D eigenvalue weighted by molar-refractivity contribution is 8.26. The van der Waals surface area contributed by atoms with Gasteiger partial charge in [-0.3, -0.25) is 14.5 Å². The van der Waals surface area contributed by atoms with Crippen LogP contribution in [-0.2, 0) is 16.1 Å². The zero-order chi connectivity index (χ0) is 21.3. The van der Waals surface area contributed by atoms with Gasteiger partial charge in [0.15, 0.2) is 0 Å². The number of thioether (sulfide) groups is 1. The van der Waals surface area contributed by atoms with Gasteiger partial charge in [0, 0.05) is 32.1 Å². The molecule has 30 heavy (non-hydrogen) atoms. The van der Waals surface area contributed by atoms with E-state index in [4.69, 9.17) is 17.0 Å². The maximum atomic E-state index is 13.5. The minimum Gasteiger partial charge on any atom is -0.383 e. The Morgan fingerprint density at radius 1 is 1.20 bits per heavy atom. The fourth-order valence-corrected chi connectivity index (χ4v) is 5.43. The molecular formula is C22H25N3O3S2. The third-order valence-corrected chi connectivity index (χ3v) is 6.96. The number of aryl methyl sites for hydroxylation is 1. The summed E-state index contributed by atoms with van der Waals surface area (Å²) in [5, 5.41) is 1.04. The number of hydrogen-bond acceptors (Lipinski definition) is 6. The van der Waals surface area contributed by atoms with Crippen molar-refractivity contribution in [1.29, 1.82) is 0 Å². The minimum absolute atomic E-state index is 0.0692. The summed E-state index contributed by atoms with van der Waals surface area (Å²) in [5.41, 5.74) is 2.36. The zero-order valence-electron chi connectivity index (χ0n) is 17.2. The molecule has 8 heteroatoms. The van der Waals surface area contributed by atoms with Crippen LogP contribution in [0.25, 0.3) is 17.0 Å². The fraction of sp³-hybridized carbons (Fsp3) is 0.409. The number of rotatable bonds is 6. The van der Waals surface area contributed by atoms with Gasteiger partial charge in [0.05, 0.1) is 34.8 Å². The second-order valence-electron chi connectivity index (χ2n) is 7.35. The maximum Gasteiger partial charge on any atom is 0.266 e. The van der Waals surface area contributed by atoms with Gasteiger partial charge < -0.3 is 14.2 Å². The second kappa shape index (κ2) is 8.91. The molecule has 0 N–H and O–H groups in total. The molecule has 2 aliphatic rings. The Labute approximate surface area is 185 Å². The molecule has 0 aliphatic carbocycles. The molecule has 2 aromatic rings. The van der Waals surface area contributed by atoms with Crippen molar-refractivity contribution in [2.45, 2.75) is 26.3 Å². The van der Waals surface area contributed by atoms with Crippen molar-refractivity contribution in [1.82, 2.24) is 9.47 Å². The summed E-state index contributed by atoms with van der Waals surface area (Å²) in [5.74, 6) is -0.162. The Bertz CT molecular complexity index is 1090. The number of carbonyl (C=O) groups is 1. The van der Waals surface area contributed by atoms with Crippen LogP contribution in [0, 0.1) is 0 Å². The van der Waals surface area contributed by atoms with E-state index in [2.05, 4.69) is 11.0 Å². The van der Waals surface area contributed by atoms with Gasteiger partial charge in [0.2, 0.25) is 0 Å². The molecule has 0 unspecified atom stereocenters. The number of fused-ring (bicyclic) bond motifs is 1. The summed E-state index contributed by atoms with van der Waals surface area (Å²) < 4.78 is 7.38. The molecule has 6 nitrogen and oxygen atoms in total. The Balaban J connectivity index is 1.90. The van der Waals surface area contributed by atoms with E-state index in [9.17, 15) is 9.59 Å². The number of carbonyl (C=O) groups excluding carboxylic acids is 1. The summed E-state index contributed by atoms with van der Waals surface area (Å²) in [6.07, 6.45) is 3.95. The quantitative estimate of drug-likeness (QED) is 0.503. The number of benzene rings is 1. The van der Waals surface area contributed by atoms with Gasteiger partial charge in [0.25, 0.3) is 11.5 Å². The first-order valence-electron chi connectivity index (χ1n) is 10.2. The van der Waals surface area contributed by atoms with Crippen LogP contribution in [0.4, 0.5) is 5.69 Å². The lowest BCUT2D eigenvalue weighted by Crippen LogP contribution is -2.31. The molecule has 0 atom stereocenters. The lowest BCUT2D eigenvalue weighted by molar-refractivity contribution is -0.122. The first-order valence-corrected chi connectivity index (χ1v) is 11.4. The topological polar surface area (TPSA) is 54.8 Å². The van der Waals surface area contributed by atoms with E-state index in [1.54, 1.807) is 22.7 Å². The number of ether oxygens (including phenoxy) is 1. The van der Waals surface area contributed by atoms with E-state index >= 15 is 0 Å². The van der Waals surface area contributed by atoms with Gasteiger partial charge in [-0.05, 0) is 31.9 Å². The highest BCUT2D eigenvalue weighted by Gasteiger charge is 2.33. The fourth-order valence-electron chi connectivity index (χ4n) is 4.14. The van der Waals surface area contributed by atoms with Crippen molar-refractivity contribution in [3.63, 3.8) is 0 Å². The summed E-state index contributed by atoms with van der Waals surface area (Å²) in [6.45, 7) is 5.18. The van der Waals surface area contributed by atoms with E-state index in [-0.39, 0.29) is 11.5 Å². The monoisotopic (exact) mass is 443 g/mol. The van der Waals surface area contributed by atoms with Gasteiger partial charge in [-0.15, -0.1) is 0 Å². The second-order valence-corrected chi connectivity index (χ2v) is 9.02. The highest BCUT2D eigenvalue weighted by atomic mass is 32.2. The van der Waals surface area contributed by atoms with E-state index in [0.29, 0.717) is 34.5 Å². The van der Waals surface area contributed by atoms with Gasteiger partial charge in [0.1, 0.15) is 4.32 Å². The Kier molecular flexibility index (Phi) is 6.26. The number of aromatic nitrogens is 1. The number of nitrogens with zero attached hydrogens (tertiary/aromatic N) is 3. The van der Waals surface area contributed by atoms with Crippen molar-refractivity contribution in [2.75, 3.05) is 38.3 Å². The van der Waals surface area contributed by atoms with Gasteiger partial charge in [-0.2, -0.15) is 0 Å². The van der Waals surface area contributed by atoms with E-state index in [1.807, 2.05) is 25.1 Å². The lowest BCUT2D eigenvalue weighted by Gasteiger charge is -2.24. The van der Waals surface area contributed by atoms with Crippen LogP contribution < -0.4 is 10.5 Å². The average molecular weight is 444 g/mol. The molecule has 2 fully saturated rings. The summed E-state index contributed by atoms with van der Waals surface area (Å²) in [7, 11) is 1.60. The third-order valence-electron chi connectivity index (χ3n) is 5.59. The van der Waals surface area contributed by atoms with Crippen molar-refractivity contribution >= 4 is 56.9 Å². The molecule has 0 bridgehead atoms. The molecule has 1 amide bonds. The predicted octanol–water partition coefficient (Wildman–Crippen LogP) is 3.47. The van der Waals surface area contributed by atoms with Crippen molar-refractivity contribution < 1.29 is 9.53 Å². The molecule has 3 heterocycles. The molecule has 1 aromatic heterocycles. The Morgan fingerprint density at radius 2 is 1.93 bits per heavy atom. The number of hydrogen-bond donors (Lipinski definition) is 0. The third kappa shape index (κ3) is 3.68. The van der Waals surface area contributed by atoms with Gasteiger partial charge >= 0.3 is 0 Å². The molecule has 0 saturated carbocycles. The number of anilines is 1. The van der Waals surface area contributed by atoms with Crippen molar-refractivity contribution in [3.05, 3.63) is 45.1 Å². The number of para-hydroxylation sites is 1. The minimum atomic E-state index is -0.162. The molecule has 4 rings (SSSR count). The van der Waals surface area contributed by atoms with Crippen molar-refractivity contribution in [3.8, 4) is 0 Å². The van der Waals surface area contributed by atoms with Crippen LogP contribution in [0.1, 0.15) is 25.3 Å². The molecular weight excluding hydrogens is 418 g/mol. The largest absolute Gasteiger partial charge is 0.383 e. The van der Waals surface area contributed by atoms with Crippen molar-refractivity contribution in [2.24, 2.45) is 0 Å². The predicted molar refractivity (Wildman–Crippen MR) is 127 cm³/mol. The maximum absolute atomic E-state index is 13.5. The number of methoxy groups -OCH3 is 1. The van der Waals surface area contributed by atoms with Crippen LogP contribution in [0.5, 0.6) is 0 Å². The summed E-state index contributed by atoms with van der Waals surface area (Å²) in [4.78, 5) is 30.8. The highest BCUT2D eigenvalue weighted by Crippen LogP contribution is 2.36. The average Bonchev–Trinajstić information content (AvgIpc) is 3.36. The number of thiocarbonyl (C=S) groups is 1. The smallest absolute Gasteiger partial charge is 0.266 e. The zero-order valence-corrected chi connectivity index (χ0v) is 18.9. The molecule has 1 aromatic carbocycles. The molecule has 0 radical (unpaired) electrons. The molecule has 2 aliphatic heterocycles. The SMILES string of the molecule is CCn1c(=O)c(C=C2SC(=S)N(CCOC)C2=O)c(N2CCCC2)c2ccccc21. The van der Waals surface area contributed by atoms with E-state index in [1.165, 1.54) is 11.8 Å². The van der Waals surface area contributed by atoms with Crippen LogP contribution in [0.2, 0.25) is 0 Å².